The van der Waals surface area contributed by atoms with Crippen LogP contribution in [0.4, 0.5) is 5.69 Å². The Kier molecular flexibility index (Phi) is 1.11. The van der Waals surface area contributed by atoms with Gasteiger partial charge in [-0.05, 0) is 24.5 Å². The second-order valence-corrected chi connectivity index (χ2v) is 3.92. The van der Waals surface area contributed by atoms with E-state index in [2.05, 4.69) is 5.32 Å². The standard InChI is InChI=1S/C10H9NO3/c12-5-3-6-8(7(13)4-5)11-9(14)10(6)1-2-10/h3-4,12-13H,1-2H2,(H,11,14). The van der Waals surface area contributed by atoms with Gasteiger partial charge in [-0.15, -0.1) is 0 Å². The minimum absolute atomic E-state index is 0.00373. The SMILES string of the molecule is O=C1Nc2c(O)cc(O)cc2C12CC2. The van der Waals surface area contributed by atoms with E-state index in [0.29, 0.717) is 5.69 Å². The minimum Gasteiger partial charge on any atom is -0.508 e. The molecule has 1 aromatic carbocycles. The van der Waals surface area contributed by atoms with Gasteiger partial charge in [-0.25, -0.2) is 0 Å². The molecule has 1 aliphatic heterocycles. The average Bonchev–Trinajstić information content (AvgIpc) is 2.84. The van der Waals surface area contributed by atoms with Crippen molar-refractivity contribution < 1.29 is 15.0 Å². The first kappa shape index (κ1) is 7.67. The normalized spacial score (nSPS) is 20.7. The number of amides is 1. The van der Waals surface area contributed by atoms with E-state index in [-0.39, 0.29) is 17.4 Å². The van der Waals surface area contributed by atoms with E-state index in [0.717, 1.165) is 18.4 Å². The number of phenols is 2. The fourth-order valence-electron chi connectivity index (χ4n) is 2.10. The molecule has 4 heteroatoms. The highest BCUT2D eigenvalue weighted by atomic mass is 16.3. The number of rotatable bonds is 0. The summed E-state index contributed by atoms with van der Waals surface area (Å²) in [5, 5.41) is 21.5. The van der Waals surface area contributed by atoms with Crippen LogP contribution in [0.25, 0.3) is 0 Å². The zero-order chi connectivity index (χ0) is 9.92. The molecule has 14 heavy (non-hydrogen) atoms. The van der Waals surface area contributed by atoms with Gasteiger partial charge in [0, 0.05) is 6.07 Å². The summed E-state index contributed by atoms with van der Waals surface area (Å²) in [5.74, 6) is -0.116. The van der Waals surface area contributed by atoms with Gasteiger partial charge in [0.1, 0.15) is 11.5 Å². The number of carbonyl (C=O) groups excluding carboxylic acids is 1. The van der Waals surface area contributed by atoms with Gasteiger partial charge in [0.15, 0.2) is 0 Å². The molecular weight excluding hydrogens is 182 g/mol. The molecule has 2 aliphatic rings. The molecule has 1 heterocycles. The van der Waals surface area contributed by atoms with Crippen molar-refractivity contribution in [2.75, 3.05) is 5.32 Å². The summed E-state index contributed by atoms with van der Waals surface area (Å²) in [6.07, 6.45) is 1.60. The summed E-state index contributed by atoms with van der Waals surface area (Å²) in [7, 11) is 0. The van der Waals surface area contributed by atoms with Crippen LogP contribution in [-0.4, -0.2) is 16.1 Å². The quantitative estimate of drug-likeness (QED) is 0.424. The van der Waals surface area contributed by atoms with Crippen molar-refractivity contribution in [3.63, 3.8) is 0 Å². The van der Waals surface area contributed by atoms with Crippen molar-refractivity contribution >= 4 is 11.6 Å². The number of hydrogen-bond donors (Lipinski definition) is 3. The summed E-state index contributed by atoms with van der Waals surface area (Å²) < 4.78 is 0. The molecule has 0 radical (unpaired) electrons. The molecule has 0 atom stereocenters. The third kappa shape index (κ3) is 0.713. The first-order valence-corrected chi connectivity index (χ1v) is 4.51. The Morgan fingerprint density at radius 3 is 2.64 bits per heavy atom. The molecule has 4 nitrogen and oxygen atoms in total. The monoisotopic (exact) mass is 191 g/mol. The van der Waals surface area contributed by atoms with Crippen LogP contribution in [0.5, 0.6) is 11.5 Å². The van der Waals surface area contributed by atoms with Crippen LogP contribution < -0.4 is 5.32 Å². The summed E-state index contributed by atoms with van der Waals surface area (Å²) >= 11 is 0. The van der Waals surface area contributed by atoms with Gasteiger partial charge in [0.25, 0.3) is 0 Å². The maximum Gasteiger partial charge on any atom is 0.235 e. The summed E-state index contributed by atoms with van der Waals surface area (Å²) in [6.45, 7) is 0. The number of phenolic OH excluding ortho intramolecular Hbond substituents is 2. The maximum atomic E-state index is 11.6. The van der Waals surface area contributed by atoms with Gasteiger partial charge in [0.2, 0.25) is 5.91 Å². The predicted molar refractivity (Wildman–Crippen MR) is 49.3 cm³/mol. The smallest absolute Gasteiger partial charge is 0.235 e. The van der Waals surface area contributed by atoms with E-state index in [1.54, 1.807) is 6.07 Å². The molecule has 0 unspecified atom stereocenters. The molecule has 1 saturated carbocycles. The largest absolute Gasteiger partial charge is 0.508 e. The molecule has 1 amide bonds. The molecule has 1 aliphatic carbocycles. The van der Waals surface area contributed by atoms with Crippen LogP contribution in [0.15, 0.2) is 12.1 Å². The zero-order valence-electron chi connectivity index (χ0n) is 7.37. The molecule has 72 valence electrons. The first-order chi connectivity index (χ1) is 6.63. The van der Waals surface area contributed by atoms with Gasteiger partial charge >= 0.3 is 0 Å². The first-order valence-electron chi connectivity index (χ1n) is 4.51. The van der Waals surface area contributed by atoms with Crippen LogP contribution in [0.2, 0.25) is 0 Å². The van der Waals surface area contributed by atoms with Crippen LogP contribution in [0.1, 0.15) is 18.4 Å². The Labute approximate surface area is 80.2 Å². The summed E-state index contributed by atoms with van der Waals surface area (Å²) in [6, 6.07) is 2.79. The number of anilines is 1. The molecule has 1 spiro atoms. The molecule has 1 fully saturated rings. The van der Waals surface area contributed by atoms with Crippen molar-refractivity contribution in [3.8, 4) is 11.5 Å². The number of nitrogens with one attached hydrogen (secondary N) is 1. The number of fused-ring (bicyclic) bond motifs is 2. The lowest BCUT2D eigenvalue weighted by Crippen LogP contribution is -2.18. The predicted octanol–water partition coefficient (Wildman–Crippen LogP) is 1.08. The fraction of sp³-hybridized carbons (Fsp3) is 0.300. The highest BCUT2D eigenvalue weighted by molar-refractivity contribution is 6.09. The van der Waals surface area contributed by atoms with Crippen LogP contribution in [0.3, 0.4) is 0 Å². The van der Waals surface area contributed by atoms with E-state index in [4.69, 9.17) is 0 Å². The number of hydrogen-bond acceptors (Lipinski definition) is 3. The number of benzene rings is 1. The van der Waals surface area contributed by atoms with E-state index < -0.39 is 5.41 Å². The molecule has 0 bridgehead atoms. The second kappa shape index (κ2) is 2.03. The fourth-order valence-corrected chi connectivity index (χ4v) is 2.10. The second-order valence-electron chi connectivity index (χ2n) is 3.92. The Bertz CT molecular complexity index is 449. The topological polar surface area (TPSA) is 69.6 Å². The van der Waals surface area contributed by atoms with Gasteiger partial charge in [0.05, 0.1) is 11.1 Å². The van der Waals surface area contributed by atoms with Gasteiger partial charge in [-0.2, -0.15) is 0 Å². The lowest BCUT2D eigenvalue weighted by molar-refractivity contribution is -0.117. The van der Waals surface area contributed by atoms with Gasteiger partial charge < -0.3 is 15.5 Å². The average molecular weight is 191 g/mol. The van der Waals surface area contributed by atoms with E-state index >= 15 is 0 Å². The highest BCUT2D eigenvalue weighted by Crippen LogP contribution is 2.57. The Balaban J connectivity index is 2.28. The van der Waals surface area contributed by atoms with E-state index in [9.17, 15) is 15.0 Å². The Morgan fingerprint density at radius 2 is 2.00 bits per heavy atom. The summed E-state index contributed by atoms with van der Waals surface area (Å²) in [4.78, 5) is 11.6. The van der Waals surface area contributed by atoms with Crippen LogP contribution >= 0.6 is 0 Å². The third-order valence-corrected chi connectivity index (χ3v) is 3.04. The van der Waals surface area contributed by atoms with Crippen molar-refractivity contribution in [1.29, 1.82) is 0 Å². The molecule has 0 saturated heterocycles. The van der Waals surface area contributed by atoms with Crippen molar-refractivity contribution in [2.45, 2.75) is 18.3 Å². The number of carbonyl (C=O) groups is 1. The van der Waals surface area contributed by atoms with E-state index in [1.807, 2.05) is 0 Å². The van der Waals surface area contributed by atoms with Crippen molar-refractivity contribution in [2.24, 2.45) is 0 Å². The Morgan fingerprint density at radius 1 is 1.29 bits per heavy atom. The number of aromatic hydroxyl groups is 2. The van der Waals surface area contributed by atoms with Gasteiger partial charge in [-0.3, -0.25) is 4.79 Å². The molecular formula is C10H9NO3. The van der Waals surface area contributed by atoms with Crippen LogP contribution in [-0.2, 0) is 10.2 Å². The lowest BCUT2D eigenvalue weighted by atomic mass is 9.97. The lowest BCUT2D eigenvalue weighted by Gasteiger charge is -2.05. The van der Waals surface area contributed by atoms with Crippen LogP contribution in [0, 0.1) is 0 Å². The minimum atomic E-state index is -0.453. The van der Waals surface area contributed by atoms with Crippen molar-refractivity contribution in [1.82, 2.24) is 0 Å². The van der Waals surface area contributed by atoms with E-state index in [1.165, 1.54) is 6.07 Å². The Hall–Kier alpha value is -1.71. The highest BCUT2D eigenvalue weighted by Gasteiger charge is 2.57. The summed E-state index contributed by atoms with van der Waals surface area (Å²) in [5.41, 5.74) is 0.747. The molecule has 3 N–H and O–H groups in total. The zero-order valence-corrected chi connectivity index (χ0v) is 7.37. The van der Waals surface area contributed by atoms with Gasteiger partial charge in [-0.1, -0.05) is 0 Å². The molecule has 0 aromatic heterocycles. The molecule has 1 aromatic rings. The third-order valence-electron chi connectivity index (χ3n) is 3.04. The maximum absolute atomic E-state index is 11.6. The molecule has 3 rings (SSSR count). The van der Waals surface area contributed by atoms with Crippen molar-refractivity contribution in [3.05, 3.63) is 17.7 Å².